The molecule has 0 spiro atoms. The standard InChI is InChI=1S/C23H32N6O.HI/c1-3-17-7-4-5-8-19(17)15-27-23(25-2)28-16-20-9-6-12-26-22(20)29-13-10-18(11-14-29)21(24)30;/h4-9,12,18H,3,10-11,13-16H2,1-2H3,(H2,24,30)(H2,25,27,28);1H. The van der Waals surface area contributed by atoms with Crippen LogP contribution in [0.2, 0.25) is 0 Å². The molecule has 0 radical (unpaired) electrons. The summed E-state index contributed by atoms with van der Waals surface area (Å²) < 4.78 is 0. The fourth-order valence-corrected chi connectivity index (χ4v) is 3.88. The van der Waals surface area contributed by atoms with Crippen LogP contribution in [-0.4, -0.2) is 37.0 Å². The molecular formula is C23H33IN6O. The summed E-state index contributed by atoms with van der Waals surface area (Å²) in [6.07, 6.45) is 4.38. The van der Waals surface area contributed by atoms with E-state index >= 15 is 0 Å². The summed E-state index contributed by atoms with van der Waals surface area (Å²) in [5, 5.41) is 6.80. The van der Waals surface area contributed by atoms with Crippen molar-refractivity contribution in [1.82, 2.24) is 15.6 Å². The van der Waals surface area contributed by atoms with Crippen molar-refractivity contribution in [1.29, 1.82) is 0 Å². The Labute approximate surface area is 201 Å². The Morgan fingerprint density at radius 1 is 1.10 bits per heavy atom. The summed E-state index contributed by atoms with van der Waals surface area (Å²) in [6, 6.07) is 12.5. The Bertz CT molecular complexity index is 880. The van der Waals surface area contributed by atoms with Gasteiger partial charge < -0.3 is 21.3 Å². The van der Waals surface area contributed by atoms with Crippen molar-refractivity contribution in [2.75, 3.05) is 25.0 Å². The van der Waals surface area contributed by atoms with Crippen LogP contribution in [0.25, 0.3) is 0 Å². The van der Waals surface area contributed by atoms with Crippen LogP contribution in [0.3, 0.4) is 0 Å². The van der Waals surface area contributed by atoms with Gasteiger partial charge in [-0.05, 0) is 36.5 Å². The van der Waals surface area contributed by atoms with Gasteiger partial charge in [0.05, 0.1) is 0 Å². The highest BCUT2D eigenvalue weighted by atomic mass is 127. The van der Waals surface area contributed by atoms with Gasteiger partial charge in [0.15, 0.2) is 5.96 Å². The van der Waals surface area contributed by atoms with Gasteiger partial charge >= 0.3 is 0 Å². The zero-order valence-electron chi connectivity index (χ0n) is 18.3. The Hall–Kier alpha value is -2.36. The number of amides is 1. The molecule has 4 N–H and O–H groups in total. The van der Waals surface area contributed by atoms with Gasteiger partial charge in [-0.15, -0.1) is 24.0 Å². The van der Waals surface area contributed by atoms with Gasteiger partial charge in [0.1, 0.15) is 5.82 Å². The zero-order valence-corrected chi connectivity index (χ0v) is 20.6. The number of halogens is 1. The topological polar surface area (TPSA) is 95.6 Å². The van der Waals surface area contributed by atoms with E-state index in [0.717, 1.165) is 56.2 Å². The second-order valence-electron chi connectivity index (χ2n) is 7.55. The number of carbonyl (C=O) groups is 1. The molecule has 0 saturated carbocycles. The average Bonchev–Trinajstić information content (AvgIpc) is 2.79. The van der Waals surface area contributed by atoms with Crippen molar-refractivity contribution in [2.45, 2.75) is 39.3 Å². The maximum Gasteiger partial charge on any atom is 0.220 e. The number of nitrogens with two attached hydrogens (primary N) is 1. The number of aliphatic imine (C=N–C) groups is 1. The summed E-state index contributed by atoms with van der Waals surface area (Å²) in [4.78, 5) is 22.6. The number of nitrogens with zero attached hydrogens (tertiary/aromatic N) is 3. The van der Waals surface area contributed by atoms with E-state index < -0.39 is 0 Å². The minimum Gasteiger partial charge on any atom is -0.369 e. The van der Waals surface area contributed by atoms with E-state index in [9.17, 15) is 4.79 Å². The largest absolute Gasteiger partial charge is 0.369 e. The maximum absolute atomic E-state index is 11.4. The SMILES string of the molecule is CCc1ccccc1CNC(=NC)NCc1cccnc1N1CCC(C(N)=O)CC1.I. The third-order valence-corrected chi connectivity index (χ3v) is 5.68. The van der Waals surface area contributed by atoms with E-state index in [-0.39, 0.29) is 35.8 Å². The average molecular weight is 536 g/mol. The summed E-state index contributed by atoms with van der Waals surface area (Å²) in [6.45, 7) is 5.09. The zero-order chi connectivity index (χ0) is 21.3. The number of rotatable bonds is 7. The molecule has 7 nitrogen and oxygen atoms in total. The smallest absolute Gasteiger partial charge is 0.220 e. The van der Waals surface area contributed by atoms with Crippen LogP contribution in [0.15, 0.2) is 47.6 Å². The molecule has 3 rings (SSSR count). The van der Waals surface area contributed by atoms with E-state index in [1.807, 2.05) is 12.3 Å². The second-order valence-corrected chi connectivity index (χ2v) is 7.55. The van der Waals surface area contributed by atoms with Crippen LogP contribution in [0.4, 0.5) is 5.82 Å². The summed E-state index contributed by atoms with van der Waals surface area (Å²) in [7, 11) is 1.78. The van der Waals surface area contributed by atoms with E-state index in [1.165, 1.54) is 11.1 Å². The summed E-state index contributed by atoms with van der Waals surface area (Å²) in [5.41, 5.74) is 9.19. The van der Waals surface area contributed by atoms with Crippen molar-refractivity contribution >= 4 is 41.7 Å². The van der Waals surface area contributed by atoms with E-state index in [4.69, 9.17) is 5.73 Å². The van der Waals surface area contributed by atoms with Gasteiger partial charge in [0.2, 0.25) is 5.91 Å². The van der Waals surface area contributed by atoms with Crippen LogP contribution in [0.5, 0.6) is 0 Å². The molecule has 0 unspecified atom stereocenters. The van der Waals surface area contributed by atoms with Gasteiger partial charge in [0, 0.05) is 50.9 Å². The molecule has 0 aliphatic carbocycles. The fraction of sp³-hybridized carbons (Fsp3) is 0.435. The predicted octanol–water partition coefficient (Wildman–Crippen LogP) is 2.83. The Morgan fingerprint density at radius 2 is 1.71 bits per heavy atom. The fourth-order valence-electron chi connectivity index (χ4n) is 3.88. The number of hydrogen-bond acceptors (Lipinski definition) is 4. The molecule has 0 atom stereocenters. The molecule has 31 heavy (non-hydrogen) atoms. The minimum absolute atomic E-state index is 0. The lowest BCUT2D eigenvalue weighted by atomic mass is 9.96. The van der Waals surface area contributed by atoms with Gasteiger partial charge in [-0.2, -0.15) is 0 Å². The van der Waals surface area contributed by atoms with Gasteiger partial charge in [-0.1, -0.05) is 37.3 Å². The van der Waals surface area contributed by atoms with Crippen LogP contribution >= 0.6 is 24.0 Å². The molecule has 1 aliphatic rings. The van der Waals surface area contributed by atoms with Crippen LogP contribution < -0.4 is 21.3 Å². The van der Waals surface area contributed by atoms with E-state index in [2.05, 4.69) is 62.8 Å². The number of hydrogen-bond donors (Lipinski definition) is 3. The number of anilines is 1. The first-order valence-electron chi connectivity index (χ1n) is 10.6. The molecule has 1 aromatic carbocycles. The molecule has 1 aromatic heterocycles. The van der Waals surface area contributed by atoms with Crippen LogP contribution in [0.1, 0.15) is 36.5 Å². The lowest BCUT2D eigenvalue weighted by molar-refractivity contribution is -0.122. The van der Waals surface area contributed by atoms with Crippen molar-refractivity contribution in [3.8, 4) is 0 Å². The normalized spacial score (nSPS) is 14.6. The lowest BCUT2D eigenvalue weighted by Crippen LogP contribution is -2.40. The van der Waals surface area contributed by atoms with Gasteiger partial charge in [-0.25, -0.2) is 4.98 Å². The van der Waals surface area contributed by atoms with Crippen molar-refractivity contribution in [3.63, 3.8) is 0 Å². The number of pyridine rings is 1. The lowest BCUT2D eigenvalue weighted by Gasteiger charge is -2.32. The molecular weight excluding hydrogens is 503 g/mol. The molecule has 1 aliphatic heterocycles. The van der Waals surface area contributed by atoms with Crippen LogP contribution in [-0.2, 0) is 24.3 Å². The molecule has 1 fully saturated rings. The summed E-state index contributed by atoms with van der Waals surface area (Å²) >= 11 is 0. The predicted molar refractivity (Wildman–Crippen MR) is 137 cm³/mol. The molecule has 168 valence electrons. The van der Waals surface area contributed by atoms with E-state index in [0.29, 0.717) is 6.54 Å². The van der Waals surface area contributed by atoms with Crippen molar-refractivity contribution < 1.29 is 4.79 Å². The molecule has 0 bridgehead atoms. The van der Waals surface area contributed by atoms with Crippen molar-refractivity contribution in [2.24, 2.45) is 16.6 Å². The minimum atomic E-state index is -0.197. The second kappa shape index (κ2) is 12.5. The molecule has 2 aromatic rings. The number of aromatic nitrogens is 1. The Balaban J connectivity index is 0.00000341. The number of aryl methyl sites for hydroxylation is 1. The number of primary amides is 1. The number of piperidine rings is 1. The van der Waals surface area contributed by atoms with Crippen molar-refractivity contribution in [3.05, 3.63) is 59.3 Å². The first-order chi connectivity index (χ1) is 14.6. The molecule has 2 heterocycles. The third kappa shape index (κ3) is 6.81. The van der Waals surface area contributed by atoms with Gasteiger partial charge in [-0.3, -0.25) is 9.79 Å². The number of benzene rings is 1. The Kier molecular flexibility index (Phi) is 10.0. The quantitative estimate of drug-likeness (QED) is 0.288. The molecule has 1 saturated heterocycles. The Morgan fingerprint density at radius 3 is 2.32 bits per heavy atom. The highest BCUT2D eigenvalue weighted by Crippen LogP contribution is 2.24. The monoisotopic (exact) mass is 536 g/mol. The number of carbonyl (C=O) groups excluding carboxylic acids is 1. The maximum atomic E-state index is 11.4. The van der Waals surface area contributed by atoms with E-state index in [1.54, 1.807) is 7.05 Å². The highest BCUT2D eigenvalue weighted by Gasteiger charge is 2.24. The van der Waals surface area contributed by atoms with Gasteiger partial charge in [0.25, 0.3) is 0 Å². The highest BCUT2D eigenvalue weighted by molar-refractivity contribution is 14.0. The molecule has 1 amide bonds. The third-order valence-electron chi connectivity index (χ3n) is 5.68. The number of guanidine groups is 1. The van der Waals surface area contributed by atoms with Crippen LogP contribution in [0, 0.1) is 5.92 Å². The summed E-state index contributed by atoms with van der Waals surface area (Å²) in [5.74, 6) is 1.49. The molecule has 8 heteroatoms. The number of nitrogens with one attached hydrogen (secondary N) is 2. The first kappa shape index (κ1) is 24.9. The first-order valence-corrected chi connectivity index (χ1v) is 10.6.